The van der Waals surface area contributed by atoms with Crippen LogP contribution in [-0.2, 0) is 13.0 Å². The summed E-state index contributed by atoms with van der Waals surface area (Å²) < 4.78 is 5.18. The average molecular weight is 514 g/mol. The molecule has 3 N–H and O–H groups in total. The molecule has 0 bridgehead atoms. The maximum atomic E-state index is 6.05. The molecule has 5 nitrogen and oxygen atoms in total. The van der Waals surface area contributed by atoms with Gasteiger partial charge in [0.15, 0.2) is 5.96 Å². The van der Waals surface area contributed by atoms with Crippen molar-refractivity contribution in [2.24, 2.45) is 16.6 Å². The van der Waals surface area contributed by atoms with E-state index in [1.807, 2.05) is 23.5 Å². The molecule has 1 unspecified atom stereocenters. The molecule has 0 radical (unpaired) electrons. The van der Waals surface area contributed by atoms with E-state index in [2.05, 4.69) is 44.9 Å². The number of ether oxygens (including phenoxy) is 1. The summed E-state index contributed by atoms with van der Waals surface area (Å²) in [6, 6.07) is 12.5. The van der Waals surface area contributed by atoms with Crippen LogP contribution in [0.2, 0.25) is 0 Å². The van der Waals surface area contributed by atoms with E-state index < -0.39 is 0 Å². The van der Waals surface area contributed by atoms with Gasteiger partial charge in [-0.1, -0.05) is 18.2 Å². The number of benzene rings is 1. The van der Waals surface area contributed by atoms with Crippen molar-refractivity contribution in [3.8, 4) is 5.75 Å². The molecule has 154 valence electrons. The van der Waals surface area contributed by atoms with Gasteiger partial charge >= 0.3 is 0 Å². The Kier molecular flexibility index (Phi) is 10.1. The second kappa shape index (κ2) is 12.3. The van der Waals surface area contributed by atoms with Crippen LogP contribution in [-0.4, -0.2) is 44.1 Å². The van der Waals surface area contributed by atoms with Gasteiger partial charge in [-0.25, -0.2) is 0 Å². The number of methoxy groups -OCH3 is 1. The fourth-order valence-electron chi connectivity index (χ4n) is 3.48. The number of thiophene rings is 1. The van der Waals surface area contributed by atoms with E-state index in [9.17, 15) is 0 Å². The molecule has 1 aromatic carbocycles. The Hall–Kier alpha value is -1.32. The van der Waals surface area contributed by atoms with Gasteiger partial charge in [0.25, 0.3) is 0 Å². The number of likely N-dealkylation sites (tertiary alicyclic amines) is 1. The summed E-state index contributed by atoms with van der Waals surface area (Å²) in [6.07, 6.45) is 3.40. The number of guanidine groups is 1. The van der Waals surface area contributed by atoms with Gasteiger partial charge in [0.05, 0.1) is 7.11 Å². The van der Waals surface area contributed by atoms with Crippen LogP contribution >= 0.6 is 35.3 Å². The first-order valence-corrected chi connectivity index (χ1v) is 10.5. The Balaban J connectivity index is 0.00000280. The third kappa shape index (κ3) is 7.60. The van der Waals surface area contributed by atoms with E-state index in [1.54, 1.807) is 7.11 Å². The Labute approximate surface area is 189 Å². The maximum absolute atomic E-state index is 6.05. The third-order valence-corrected chi connectivity index (χ3v) is 5.82. The highest BCUT2D eigenvalue weighted by Gasteiger charge is 2.19. The lowest BCUT2D eigenvalue weighted by Crippen LogP contribution is -2.37. The predicted molar refractivity (Wildman–Crippen MR) is 129 cm³/mol. The van der Waals surface area contributed by atoms with E-state index in [-0.39, 0.29) is 24.0 Å². The summed E-state index contributed by atoms with van der Waals surface area (Å²) in [5, 5.41) is 5.38. The molecule has 28 heavy (non-hydrogen) atoms. The third-order valence-electron chi connectivity index (χ3n) is 4.96. The van der Waals surface area contributed by atoms with E-state index in [0.29, 0.717) is 11.9 Å². The molecule has 2 heterocycles. The van der Waals surface area contributed by atoms with Gasteiger partial charge in [0, 0.05) is 31.1 Å². The number of nitrogens with one attached hydrogen (secondary N) is 1. The summed E-state index contributed by atoms with van der Waals surface area (Å²) in [5.41, 5.74) is 7.31. The molecule has 1 aromatic heterocycles. The van der Waals surface area contributed by atoms with Crippen molar-refractivity contribution in [3.63, 3.8) is 0 Å². The highest BCUT2D eigenvalue weighted by Crippen LogP contribution is 2.20. The zero-order chi connectivity index (χ0) is 18.9. The van der Waals surface area contributed by atoms with Crippen molar-refractivity contribution in [3.05, 3.63) is 52.2 Å². The Morgan fingerprint density at radius 1 is 1.32 bits per heavy atom. The lowest BCUT2D eigenvalue weighted by Gasteiger charge is -2.31. The monoisotopic (exact) mass is 514 g/mol. The van der Waals surface area contributed by atoms with Gasteiger partial charge in [-0.15, -0.1) is 35.3 Å². The zero-order valence-electron chi connectivity index (χ0n) is 16.5. The van der Waals surface area contributed by atoms with Gasteiger partial charge in [-0.2, -0.15) is 0 Å². The van der Waals surface area contributed by atoms with Crippen LogP contribution < -0.4 is 15.8 Å². The fraction of sp³-hybridized carbons (Fsp3) is 0.476. The van der Waals surface area contributed by atoms with Crippen LogP contribution in [0.5, 0.6) is 5.75 Å². The molecule has 2 aromatic rings. The van der Waals surface area contributed by atoms with Gasteiger partial charge in [0.2, 0.25) is 0 Å². The molecule has 1 saturated heterocycles. The topological polar surface area (TPSA) is 62.9 Å². The van der Waals surface area contributed by atoms with Gasteiger partial charge < -0.3 is 15.8 Å². The SMILES string of the molecule is COc1ccc(CCNC(N)=NCC2CCCN(Cc3cccs3)C2)cc1.I. The van der Waals surface area contributed by atoms with Gasteiger partial charge in [-0.3, -0.25) is 9.89 Å². The number of hydrogen-bond acceptors (Lipinski definition) is 4. The molecular formula is C21H31IN4OS. The van der Waals surface area contributed by atoms with Crippen molar-refractivity contribution in [2.45, 2.75) is 25.8 Å². The molecule has 0 saturated carbocycles. The molecule has 1 fully saturated rings. The van der Waals surface area contributed by atoms with Crippen molar-refractivity contribution >= 4 is 41.3 Å². The number of rotatable bonds is 8. The van der Waals surface area contributed by atoms with Crippen LogP contribution in [0.25, 0.3) is 0 Å². The maximum Gasteiger partial charge on any atom is 0.188 e. The van der Waals surface area contributed by atoms with E-state index in [4.69, 9.17) is 10.5 Å². The Morgan fingerprint density at radius 3 is 2.86 bits per heavy atom. The van der Waals surface area contributed by atoms with E-state index >= 15 is 0 Å². The number of nitrogens with two attached hydrogens (primary N) is 1. The van der Waals surface area contributed by atoms with Gasteiger partial charge in [0.1, 0.15) is 5.75 Å². The van der Waals surface area contributed by atoms with E-state index in [1.165, 1.54) is 29.8 Å². The highest BCUT2D eigenvalue weighted by atomic mass is 127. The molecule has 0 spiro atoms. The number of aliphatic imine (C=N–C) groups is 1. The van der Waals surface area contributed by atoms with Crippen LogP contribution in [0.3, 0.4) is 0 Å². The molecule has 7 heteroatoms. The lowest BCUT2D eigenvalue weighted by atomic mass is 9.98. The van der Waals surface area contributed by atoms with Crippen LogP contribution in [0.1, 0.15) is 23.3 Å². The largest absolute Gasteiger partial charge is 0.497 e. The number of hydrogen-bond donors (Lipinski definition) is 2. The van der Waals surface area contributed by atoms with Crippen molar-refractivity contribution in [1.29, 1.82) is 0 Å². The van der Waals surface area contributed by atoms with Crippen LogP contribution in [0.15, 0.2) is 46.8 Å². The number of halogens is 1. The molecular weight excluding hydrogens is 483 g/mol. The summed E-state index contributed by atoms with van der Waals surface area (Å²) in [4.78, 5) is 8.56. The molecule has 0 amide bonds. The second-order valence-electron chi connectivity index (χ2n) is 7.07. The molecule has 1 aliphatic rings. The Morgan fingerprint density at radius 2 is 2.14 bits per heavy atom. The summed E-state index contributed by atoms with van der Waals surface area (Å²) >= 11 is 1.84. The van der Waals surface area contributed by atoms with Crippen LogP contribution in [0.4, 0.5) is 0 Å². The number of nitrogens with zero attached hydrogens (tertiary/aromatic N) is 2. The Bertz CT molecular complexity index is 706. The summed E-state index contributed by atoms with van der Waals surface area (Å²) in [5.74, 6) is 2.04. The molecule has 3 rings (SSSR count). The highest BCUT2D eigenvalue weighted by molar-refractivity contribution is 14.0. The predicted octanol–water partition coefficient (Wildman–Crippen LogP) is 3.73. The normalized spacial score (nSPS) is 17.8. The molecule has 1 aliphatic heterocycles. The summed E-state index contributed by atoms with van der Waals surface area (Å²) in [7, 11) is 1.68. The summed E-state index contributed by atoms with van der Waals surface area (Å²) in [6.45, 7) is 4.96. The van der Waals surface area contributed by atoms with Crippen molar-refractivity contribution < 1.29 is 4.74 Å². The van der Waals surface area contributed by atoms with E-state index in [0.717, 1.165) is 38.3 Å². The minimum Gasteiger partial charge on any atom is -0.497 e. The van der Waals surface area contributed by atoms with Crippen LogP contribution in [0, 0.1) is 5.92 Å². The fourth-order valence-corrected chi connectivity index (χ4v) is 4.22. The van der Waals surface area contributed by atoms with Crippen molar-refractivity contribution in [1.82, 2.24) is 10.2 Å². The standard InChI is InChI=1S/C21H30N4OS.HI/c1-26-19-8-6-17(7-9-19)10-11-23-21(22)24-14-18-4-2-12-25(15-18)16-20-5-3-13-27-20;/h3,5-9,13,18H,2,4,10-12,14-16H2,1H3,(H3,22,23,24);1H. The minimum absolute atomic E-state index is 0. The quantitative estimate of drug-likeness (QED) is 0.320. The zero-order valence-corrected chi connectivity index (χ0v) is 19.6. The first-order valence-electron chi connectivity index (χ1n) is 9.64. The first kappa shape index (κ1) is 23.0. The smallest absolute Gasteiger partial charge is 0.188 e. The lowest BCUT2D eigenvalue weighted by molar-refractivity contribution is 0.172. The minimum atomic E-state index is 0. The number of piperidine rings is 1. The second-order valence-corrected chi connectivity index (χ2v) is 8.11. The molecule has 1 atom stereocenters. The molecule has 0 aliphatic carbocycles. The van der Waals surface area contributed by atoms with Crippen molar-refractivity contribution in [2.75, 3.05) is 33.3 Å². The average Bonchev–Trinajstić information content (AvgIpc) is 3.20. The first-order chi connectivity index (χ1) is 13.2. The van der Waals surface area contributed by atoms with Gasteiger partial charge in [-0.05, 0) is 60.9 Å².